The van der Waals surface area contributed by atoms with Gasteiger partial charge in [0.2, 0.25) is 0 Å². The average molecular weight is 295 g/mol. The molecular weight excluding hydrogens is 274 g/mol. The molecule has 1 aromatic carbocycles. The molecule has 0 aliphatic heterocycles. The predicted molar refractivity (Wildman–Crippen MR) is 89.9 cm³/mol. The van der Waals surface area contributed by atoms with E-state index < -0.39 is 0 Å². The lowest BCUT2D eigenvalue weighted by molar-refractivity contribution is 0.619. The minimum Gasteiger partial charge on any atom is -0.368 e. The molecule has 0 bridgehead atoms. The second-order valence-corrected chi connectivity index (χ2v) is 5.59. The third-order valence-electron chi connectivity index (χ3n) is 3.57. The molecule has 0 aliphatic carbocycles. The molecule has 3 aromatic rings. The van der Waals surface area contributed by atoms with E-state index in [0.29, 0.717) is 0 Å². The van der Waals surface area contributed by atoms with Crippen LogP contribution in [0.1, 0.15) is 33.2 Å². The lowest BCUT2D eigenvalue weighted by Gasteiger charge is -2.12. The van der Waals surface area contributed by atoms with Gasteiger partial charge in [0.15, 0.2) is 17.0 Å². The van der Waals surface area contributed by atoms with E-state index in [2.05, 4.69) is 52.8 Å². The highest BCUT2D eigenvalue weighted by molar-refractivity contribution is 5.86. The van der Waals surface area contributed by atoms with E-state index in [1.54, 1.807) is 6.33 Å². The first-order valence-electron chi connectivity index (χ1n) is 7.74. The lowest BCUT2D eigenvalue weighted by Crippen LogP contribution is -2.05. The number of rotatable bonds is 5. The van der Waals surface area contributed by atoms with Crippen molar-refractivity contribution >= 4 is 17.0 Å². The summed E-state index contributed by atoms with van der Waals surface area (Å²) in [5, 5.41) is 3.34. The van der Waals surface area contributed by atoms with Crippen LogP contribution >= 0.6 is 0 Å². The first-order valence-corrected chi connectivity index (χ1v) is 7.74. The fourth-order valence-corrected chi connectivity index (χ4v) is 2.56. The fraction of sp³-hybridized carbons (Fsp3) is 0.353. The topological polar surface area (TPSA) is 55.6 Å². The molecule has 2 aromatic heterocycles. The van der Waals surface area contributed by atoms with Crippen molar-refractivity contribution in [3.8, 4) is 11.4 Å². The molecule has 0 radical (unpaired) electrons. The van der Waals surface area contributed by atoms with E-state index in [4.69, 9.17) is 4.98 Å². The van der Waals surface area contributed by atoms with Crippen LogP contribution in [0, 0.1) is 0 Å². The monoisotopic (exact) mass is 295 g/mol. The Kier molecular flexibility index (Phi) is 4.04. The number of fused-ring (bicyclic) bond motifs is 1. The Morgan fingerprint density at radius 1 is 1.14 bits per heavy atom. The van der Waals surface area contributed by atoms with Crippen LogP contribution in [0.3, 0.4) is 0 Å². The van der Waals surface area contributed by atoms with Crippen molar-refractivity contribution in [2.24, 2.45) is 0 Å². The molecule has 22 heavy (non-hydrogen) atoms. The van der Waals surface area contributed by atoms with Crippen molar-refractivity contribution in [2.45, 2.75) is 33.2 Å². The summed E-state index contributed by atoms with van der Waals surface area (Å²) in [6.45, 7) is 7.30. The maximum atomic E-state index is 4.83. The zero-order valence-electron chi connectivity index (χ0n) is 13.2. The van der Waals surface area contributed by atoms with E-state index in [1.807, 2.05) is 18.2 Å². The van der Waals surface area contributed by atoms with Gasteiger partial charge in [-0.25, -0.2) is 15.0 Å². The van der Waals surface area contributed by atoms with Crippen molar-refractivity contribution < 1.29 is 0 Å². The number of anilines is 1. The van der Waals surface area contributed by atoms with Crippen LogP contribution in [0.15, 0.2) is 36.7 Å². The van der Waals surface area contributed by atoms with Crippen LogP contribution in [-0.2, 0) is 0 Å². The number of nitrogens with zero attached hydrogens (tertiary/aromatic N) is 4. The molecule has 1 N–H and O–H groups in total. The first kappa shape index (κ1) is 14.5. The van der Waals surface area contributed by atoms with Crippen molar-refractivity contribution in [3.05, 3.63) is 36.7 Å². The molecule has 0 fully saturated rings. The van der Waals surface area contributed by atoms with Crippen LogP contribution < -0.4 is 5.32 Å². The Morgan fingerprint density at radius 3 is 2.59 bits per heavy atom. The normalized spacial score (nSPS) is 11.3. The van der Waals surface area contributed by atoms with Gasteiger partial charge in [0.25, 0.3) is 0 Å². The number of hydrogen-bond acceptors (Lipinski definition) is 4. The van der Waals surface area contributed by atoms with E-state index in [1.165, 1.54) is 0 Å². The third-order valence-corrected chi connectivity index (χ3v) is 3.57. The molecule has 0 saturated carbocycles. The largest absolute Gasteiger partial charge is 0.368 e. The van der Waals surface area contributed by atoms with E-state index in [-0.39, 0.29) is 6.04 Å². The molecule has 3 rings (SSSR count). The quantitative estimate of drug-likeness (QED) is 0.775. The molecule has 0 saturated heterocycles. The second-order valence-electron chi connectivity index (χ2n) is 5.59. The fourth-order valence-electron chi connectivity index (χ4n) is 2.56. The Morgan fingerprint density at radius 2 is 1.91 bits per heavy atom. The van der Waals surface area contributed by atoms with Gasteiger partial charge >= 0.3 is 0 Å². The molecule has 0 atom stereocenters. The van der Waals surface area contributed by atoms with Crippen LogP contribution in [0.2, 0.25) is 0 Å². The van der Waals surface area contributed by atoms with Crippen LogP contribution in [0.5, 0.6) is 0 Å². The standard InChI is InChI=1S/C17H21N5/c1-4-10-18-15-14-17(20-11-19-15)22(12(2)3)16(21-14)13-8-6-5-7-9-13/h5-9,11-12H,4,10H2,1-3H3,(H,18,19,20). The Balaban J connectivity index is 2.22. The van der Waals surface area contributed by atoms with Crippen LogP contribution in [0.4, 0.5) is 5.82 Å². The Hall–Kier alpha value is -2.43. The van der Waals surface area contributed by atoms with Crippen LogP contribution in [0.25, 0.3) is 22.6 Å². The molecule has 5 nitrogen and oxygen atoms in total. The highest BCUT2D eigenvalue weighted by Crippen LogP contribution is 2.29. The molecule has 0 amide bonds. The molecule has 5 heteroatoms. The zero-order valence-corrected chi connectivity index (χ0v) is 13.2. The van der Waals surface area contributed by atoms with Crippen molar-refractivity contribution in [3.63, 3.8) is 0 Å². The van der Waals surface area contributed by atoms with Gasteiger partial charge in [0, 0.05) is 18.2 Å². The molecule has 114 valence electrons. The molecule has 0 spiro atoms. The summed E-state index contributed by atoms with van der Waals surface area (Å²) in [5.41, 5.74) is 2.81. The van der Waals surface area contributed by atoms with Gasteiger partial charge in [-0.3, -0.25) is 0 Å². The van der Waals surface area contributed by atoms with Gasteiger partial charge in [0.1, 0.15) is 12.2 Å². The highest BCUT2D eigenvalue weighted by atomic mass is 15.2. The predicted octanol–water partition coefficient (Wildman–Crippen LogP) is 3.90. The number of benzene rings is 1. The number of imidazole rings is 1. The van der Waals surface area contributed by atoms with Gasteiger partial charge in [-0.1, -0.05) is 37.3 Å². The average Bonchev–Trinajstić information content (AvgIpc) is 2.94. The van der Waals surface area contributed by atoms with Gasteiger partial charge in [0.05, 0.1) is 0 Å². The summed E-state index contributed by atoms with van der Waals surface area (Å²) in [5.74, 6) is 1.74. The van der Waals surface area contributed by atoms with Crippen molar-refractivity contribution in [1.82, 2.24) is 19.5 Å². The summed E-state index contributed by atoms with van der Waals surface area (Å²) in [7, 11) is 0. The maximum Gasteiger partial charge on any atom is 0.166 e. The maximum absolute atomic E-state index is 4.83. The minimum atomic E-state index is 0.272. The van der Waals surface area contributed by atoms with E-state index >= 15 is 0 Å². The molecular formula is C17H21N5. The lowest BCUT2D eigenvalue weighted by atomic mass is 10.2. The number of aromatic nitrogens is 4. The van der Waals surface area contributed by atoms with Gasteiger partial charge < -0.3 is 9.88 Å². The van der Waals surface area contributed by atoms with Gasteiger partial charge in [-0.05, 0) is 20.3 Å². The smallest absolute Gasteiger partial charge is 0.166 e. The van der Waals surface area contributed by atoms with Gasteiger partial charge in [-0.15, -0.1) is 0 Å². The molecule has 0 aliphatic rings. The third kappa shape index (κ3) is 2.54. The molecule has 2 heterocycles. The van der Waals surface area contributed by atoms with Crippen LogP contribution in [-0.4, -0.2) is 26.1 Å². The zero-order chi connectivity index (χ0) is 15.5. The second kappa shape index (κ2) is 6.13. The SMILES string of the molecule is CCCNc1ncnc2c1nc(-c1ccccc1)n2C(C)C. The number of nitrogens with one attached hydrogen (secondary N) is 1. The molecule has 0 unspecified atom stereocenters. The van der Waals surface area contributed by atoms with Gasteiger partial charge in [-0.2, -0.15) is 0 Å². The summed E-state index contributed by atoms with van der Waals surface area (Å²) >= 11 is 0. The van der Waals surface area contributed by atoms with Crippen molar-refractivity contribution in [2.75, 3.05) is 11.9 Å². The van der Waals surface area contributed by atoms with E-state index in [9.17, 15) is 0 Å². The Bertz CT molecular complexity index is 761. The minimum absolute atomic E-state index is 0.272. The summed E-state index contributed by atoms with van der Waals surface area (Å²) in [4.78, 5) is 13.7. The first-order chi connectivity index (χ1) is 10.7. The number of hydrogen-bond donors (Lipinski definition) is 1. The van der Waals surface area contributed by atoms with Crippen molar-refractivity contribution in [1.29, 1.82) is 0 Å². The highest BCUT2D eigenvalue weighted by Gasteiger charge is 2.18. The van der Waals surface area contributed by atoms with E-state index in [0.717, 1.165) is 41.3 Å². The summed E-state index contributed by atoms with van der Waals surface area (Å²) in [6, 6.07) is 10.5. The Labute approximate surface area is 130 Å². The summed E-state index contributed by atoms with van der Waals surface area (Å²) in [6.07, 6.45) is 2.65. The summed E-state index contributed by atoms with van der Waals surface area (Å²) < 4.78 is 2.17.